The van der Waals surface area contributed by atoms with E-state index in [0.717, 1.165) is 55.7 Å². The number of para-hydroxylation sites is 2. The third kappa shape index (κ3) is 5.82. The second kappa shape index (κ2) is 14.3. The minimum Gasteiger partial charge on any atom is -0.456 e. The lowest BCUT2D eigenvalue weighted by atomic mass is 9.90. The van der Waals surface area contributed by atoms with Crippen LogP contribution >= 0.6 is 0 Å². The van der Waals surface area contributed by atoms with Crippen LogP contribution < -0.4 is 4.90 Å². The zero-order valence-electron chi connectivity index (χ0n) is 33.2. The van der Waals surface area contributed by atoms with Crippen molar-refractivity contribution < 1.29 is 4.42 Å². The fourth-order valence-electron chi connectivity index (χ4n) is 9.43. The van der Waals surface area contributed by atoms with E-state index in [0.29, 0.717) is 0 Å². The summed E-state index contributed by atoms with van der Waals surface area (Å²) in [4.78, 5) is 2.34. The van der Waals surface area contributed by atoms with Gasteiger partial charge in [0.15, 0.2) is 0 Å². The maximum absolute atomic E-state index is 6.45. The predicted molar refractivity (Wildman–Crippen MR) is 257 cm³/mol. The fraction of sp³-hybridized carbons (Fsp3) is 0. The van der Waals surface area contributed by atoms with Crippen LogP contribution in [0.2, 0.25) is 0 Å². The van der Waals surface area contributed by atoms with E-state index < -0.39 is 0 Å². The van der Waals surface area contributed by atoms with Gasteiger partial charge in [-0.1, -0.05) is 164 Å². The summed E-state index contributed by atoms with van der Waals surface area (Å²) in [7, 11) is 0. The number of furan rings is 1. The summed E-state index contributed by atoms with van der Waals surface area (Å²) in [6.07, 6.45) is 0. The van der Waals surface area contributed by atoms with Gasteiger partial charge in [-0.25, -0.2) is 0 Å². The molecule has 61 heavy (non-hydrogen) atoms. The summed E-state index contributed by atoms with van der Waals surface area (Å²) < 4.78 is 8.89. The molecule has 0 fully saturated rings. The van der Waals surface area contributed by atoms with Gasteiger partial charge in [0.2, 0.25) is 0 Å². The number of nitrogens with zero attached hydrogens (tertiary/aromatic N) is 2. The van der Waals surface area contributed by atoms with Gasteiger partial charge in [0.05, 0.1) is 11.0 Å². The van der Waals surface area contributed by atoms with Gasteiger partial charge in [0.25, 0.3) is 0 Å². The molecule has 2 heterocycles. The monoisotopic (exact) mass is 778 g/mol. The number of aromatic nitrogens is 1. The lowest BCUT2D eigenvalue weighted by Gasteiger charge is -2.26. The van der Waals surface area contributed by atoms with Crippen LogP contribution in [-0.2, 0) is 0 Å². The minimum absolute atomic E-state index is 0.861. The molecule has 0 aliphatic heterocycles. The molecule has 0 radical (unpaired) electrons. The van der Waals surface area contributed by atoms with E-state index in [1.165, 1.54) is 54.9 Å². The molecule has 286 valence electrons. The van der Waals surface area contributed by atoms with Crippen LogP contribution in [0.15, 0.2) is 235 Å². The molecule has 0 atom stereocenters. The molecule has 3 heteroatoms. The van der Waals surface area contributed by atoms with Crippen LogP contribution in [0.4, 0.5) is 17.1 Å². The Hall–Kier alpha value is -8.14. The largest absolute Gasteiger partial charge is 0.456 e. The molecule has 0 aliphatic rings. The quantitative estimate of drug-likeness (QED) is 0.161. The molecule has 0 N–H and O–H groups in total. The van der Waals surface area contributed by atoms with Crippen molar-refractivity contribution in [3.63, 3.8) is 0 Å². The first-order chi connectivity index (χ1) is 30.3. The summed E-state index contributed by atoms with van der Waals surface area (Å²) in [6, 6.07) is 82.9. The molecule has 12 rings (SSSR count). The third-order valence-electron chi connectivity index (χ3n) is 12.2. The highest BCUT2D eigenvalue weighted by Gasteiger charge is 2.21. The molecule has 10 aromatic carbocycles. The topological polar surface area (TPSA) is 21.3 Å². The Morgan fingerprint density at radius 2 is 0.951 bits per heavy atom. The van der Waals surface area contributed by atoms with E-state index in [-0.39, 0.29) is 0 Å². The molecular weight excluding hydrogens is 741 g/mol. The van der Waals surface area contributed by atoms with E-state index in [2.05, 4.69) is 228 Å². The Balaban J connectivity index is 1.06. The van der Waals surface area contributed by atoms with Gasteiger partial charge in [-0.2, -0.15) is 0 Å². The zero-order chi connectivity index (χ0) is 40.3. The molecule has 12 aromatic rings. The Labute approximate surface area is 353 Å². The van der Waals surface area contributed by atoms with Crippen molar-refractivity contribution in [2.45, 2.75) is 0 Å². The second-order valence-corrected chi connectivity index (χ2v) is 15.7. The van der Waals surface area contributed by atoms with Gasteiger partial charge >= 0.3 is 0 Å². The number of hydrogen-bond donors (Lipinski definition) is 0. The molecule has 0 bridgehead atoms. The maximum Gasteiger partial charge on any atom is 0.137 e. The summed E-state index contributed by atoms with van der Waals surface area (Å²) >= 11 is 0. The third-order valence-corrected chi connectivity index (χ3v) is 12.2. The first-order valence-corrected chi connectivity index (χ1v) is 20.8. The first kappa shape index (κ1) is 34.9. The highest BCUT2D eigenvalue weighted by molar-refractivity contribution is 6.25. The van der Waals surface area contributed by atoms with E-state index in [4.69, 9.17) is 4.42 Å². The SMILES string of the molecule is c1ccc(-c2ccc(N(c3cccc(-n4c5ccccc5c5c6c(-c7ccccc7-c7ccccc7)cccc6ccc54)c3)c3ccc4c(c3)oc3ccccc34)cc2)cc1. The van der Waals surface area contributed by atoms with Gasteiger partial charge in [-0.3, -0.25) is 0 Å². The van der Waals surface area contributed by atoms with Gasteiger partial charge < -0.3 is 13.9 Å². The Morgan fingerprint density at radius 1 is 0.328 bits per heavy atom. The van der Waals surface area contributed by atoms with Crippen molar-refractivity contribution in [1.29, 1.82) is 0 Å². The van der Waals surface area contributed by atoms with Crippen molar-refractivity contribution in [2.75, 3.05) is 4.90 Å². The lowest BCUT2D eigenvalue weighted by Crippen LogP contribution is -2.10. The van der Waals surface area contributed by atoms with Crippen LogP contribution in [0.3, 0.4) is 0 Å². The summed E-state index contributed by atoms with van der Waals surface area (Å²) in [5, 5.41) is 7.18. The number of anilines is 3. The Kier molecular flexibility index (Phi) is 8.17. The van der Waals surface area contributed by atoms with Crippen molar-refractivity contribution in [1.82, 2.24) is 4.57 Å². The maximum atomic E-state index is 6.45. The van der Waals surface area contributed by atoms with Crippen LogP contribution in [0.25, 0.3) is 93.6 Å². The molecule has 0 aliphatic carbocycles. The molecule has 2 aromatic heterocycles. The Bertz CT molecular complexity index is 3580. The van der Waals surface area contributed by atoms with Gasteiger partial charge in [0.1, 0.15) is 11.2 Å². The van der Waals surface area contributed by atoms with Gasteiger partial charge in [-0.15, -0.1) is 0 Å². The number of fused-ring (bicyclic) bond motifs is 8. The van der Waals surface area contributed by atoms with E-state index in [9.17, 15) is 0 Å². The fourth-order valence-corrected chi connectivity index (χ4v) is 9.43. The van der Waals surface area contributed by atoms with Crippen molar-refractivity contribution in [3.05, 3.63) is 231 Å². The first-order valence-electron chi connectivity index (χ1n) is 20.8. The van der Waals surface area contributed by atoms with Crippen LogP contribution in [0, 0.1) is 0 Å². The lowest BCUT2D eigenvalue weighted by molar-refractivity contribution is 0.669. The van der Waals surface area contributed by atoms with Gasteiger partial charge in [-0.05, 0) is 105 Å². The molecule has 3 nitrogen and oxygen atoms in total. The van der Waals surface area contributed by atoms with Crippen molar-refractivity contribution in [3.8, 4) is 39.1 Å². The van der Waals surface area contributed by atoms with Crippen molar-refractivity contribution in [2.24, 2.45) is 0 Å². The molecule has 0 saturated carbocycles. The normalized spacial score (nSPS) is 11.6. The van der Waals surface area contributed by atoms with Crippen LogP contribution in [0.5, 0.6) is 0 Å². The highest BCUT2D eigenvalue weighted by Crippen LogP contribution is 2.45. The predicted octanol–water partition coefficient (Wildman–Crippen LogP) is 16.3. The summed E-state index contributed by atoms with van der Waals surface area (Å²) in [5.41, 5.74) is 15.5. The van der Waals surface area contributed by atoms with E-state index in [1.807, 2.05) is 12.1 Å². The molecular formula is C58H38N2O. The second-order valence-electron chi connectivity index (χ2n) is 15.7. The average Bonchev–Trinajstić information content (AvgIpc) is 3.88. The Morgan fingerprint density at radius 3 is 1.79 bits per heavy atom. The minimum atomic E-state index is 0.861. The number of rotatable bonds is 7. The van der Waals surface area contributed by atoms with E-state index >= 15 is 0 Å². The summed E-state index contributed by atoms with van der Waals surface area (Å²) in [5.74, 6) is 0. The molecule has 0 unspecified atom stereocenters. The van der Waals surface area contributed by atoms with Crippen LogP contribution in [0.1, 0.15) is 0 Å². The number of hydrogen-bond acceptors (Lipinski definition) is 2. The standard InChI is InChI=1S/C58H38N2O/c1-3-15-39(16-4-1)40-29-32-43(33-30-40)59(46-34-35-50-49-24-10-12-28-55(49)61-56(50)38-46)44-20-14-21-45(37-44)60-53-27-11-9-25-52(53)58-54(60)36-31-42-19-13-26-51(57(42)58)48-23-8-7-22-47(48)41-17-5-2-6-18-41/h1-38H. The number of benzene rings is 10. The van der Waals surface area contributed by atoms with Crippen molar-refractivity contribution >= 4 is 71.6 Å². The van der Waals surface area contributed by atoms with Crippen LogP contribution in [-0.4, -0.2) is 4.57 Å². The van der Waals surface area contributed by atoms with Gasteiger partial charge in [0, 0.05) is 50.4 Å². The van der Waals surface area contributed by atoms with E-state index in [1.54, 1.807) is 0 Å². The average molecular weight is 779 g/mol. The molecule has 0 spiro atoms. The molecule has 0 saturated heterocycles. The molecule has 0 amide bonds. The summed E-state index contributed by atoms with van der Waals surface area (Å²) in [6.45, 7) is 0. The zero-order valence-corrected chi connectivity index (χ0v) is 33.2. The highest BCUT2D eigenvalue weighted by atomic mass is 16.3. The smallest absolute Gasteiger partial charge is 0.137 e.